The summed E-state index contributed by atoms with van der Waals surface area (Å²) in [6.45, 7) is 6.06. The fourth-order valence-electron chi connectivity index (χ4n) is 4.50. The molecule has 0 amide bonds. The van der Waals surface area contributed by atoms with E-state index in [0.717, 1.165) is 19.3 Å². The van der Waals surface area contributed by atoms with Crippen LogP contribution in [0.3, 0.4) is 0 Å². The van der Waals surface area contributed by atoms with Gasteiger partial charge in [0.25, 0.3) is 0 Å². The average Bonchev–Trinajstić information content (AvgIpc) is 2.50. The van der Waals surface area contributed by atoms with Gasteiger partial charge in [-0.2, -0.15) is 0 Å². The Morgan fingerprint density at radius 3 is 2.05 bits per heavy atom. The fourth-order valence-corrected chi connectivity index (χ4v) is 4.50. The van der Waals surface area contributed by atoms with Crippen LogP contribution in [0.2, 0.25) is 0 Å². The van der Waals surface area contributed by atoms with Crippen LogP contribution in [0.15, 0.2) is 0 Å². The first-order valence-corrected chi connectivity index (χ1v) is 8.07. The molecule has 4 aliphatic rings. The van der Waals surface area contributed by atoms with Crippen LogP contribution in [-0.2, 0) is 9.53 Å². The summed E-state index contributed by atoms with van der Waals surface area (Å²) in [7, 11) is 3.75. The van der Waals surface area contributed by atoms with Crippen molar-refractivity contribution in [3.05, 3.63) is 0 Å². The molecule has 2 bridgehead atoms. The summed E-state index contributed by atoms with van der Waals surface area (Å²) in [4.78, 5) is 17.1. The van der Waals surface area contributed by atoms with E-state index in [1.165, 1.54) is 59.1 Å². The van der Waals surface area contributed by atoms with Crippen molar-refractivity contribution in [3.63, 3.8) is 0 Å². The van der Waals surface area contributed by atoms with Crippen molar-refractivity contribution in [1.82, 2.24) is 9.80 Å². The summed E-state index contributed by atoms with van der Waals surface area (Å²) in [6, 6.07) is 0. The minimum atomic E-state index is -0.126. The van der Waals surface area contributed by atoms with Gasteiger partial charge in [-0.25, -0.2) is 0 Å². The van der Waals surface area contributed by atoms with Crippen LogP contribution in [-0.4, -0.2) is 62.7 Å². The molecule has 1 aliphatic heterocycles. The van der Waals surface area contributed by atoms with E-state index in [1.807, 2.05) is 0 Å². The van der Waals surface area contributed by atoms with Gasteiger partial charge in [-0.3, -0.25) is 4.79 Å². The van der Waals surface area contributed by atoms with Crippen molar-refractivity contribution in [1.29, 1.82) is 0 Å². The maximum atomic E-state index is 12.0. The van der Waals surface area contributed by atoms with E-state index in [2.05, 4.69) is 16.8 Å². The molecule has 0 aromatic carbocycles. The largest absolute Gasteiger partial charge is 0.469 e. The number of nitrogens with zero attached hydrogens (tertiary/aromatic N) is 2. The topological polar surface area (TPSA) is 32.8 Å². The van der Waals surface area contributed by atoms with Gasteiger partial charge in [0.2, 0.25) is 0 Å². The zero-order valence-corrected chi connectivity index (χ0v) is 13.0. The van der Waals surface area contributed by atoms with E-state index in [9.17, 15) is 4.79 Å². The number of carbonyl (C=O) groups excluding carboxylic acids is 1. The smallest absolute Gasteiger partial charge is 0.311 e. The molecule has 0 unspecified atom stereocenters. The second kappa shape index (κ2) is 5.30. The first kappa shape index (κ1) is 14.3. The Hall–Kier alpha value is -0.610. The van der Waals surface area contributed by atoms with Crippen molar-refractivity contribution in [2.24, 2.45) is 10.8 Å². The molecule has 0 spiro atoms. The standard InChI is InChI=1S/C16H28N2O2/c1-17-9-11-18(12-10-17)13-15-3-6-16(7-4-15,8-5-15)14(19)20-2/h3-13H2,1-2H3. The van der Waals surface area contributed by atoms with E-state index >= 15 is 0 Å². The van der Waals surface area contributed by atoms with E-state index in [1.54, 1.807) is 0 Å². The minimum absolute atomic E-state index is 0.0467. The summed E-state index contributed by atoms with van der Waals surface area (Å²) in [5, 5.41) is 0. The molecule has 114 valence electrons. The molecule has 0 aromatic rings. The quantitative estimate of drug-likeness (QED) is 0.737. The Bertz CT molecular complexity index is 350. The average molecular weight is 280 g/mol. The normalized spacial score (nSPS) is 38.9. The molecule has 0 N–H and O–H groups in total. The number of piperazine rings is 1. The predicted octanol–water partition coefficient (Wildman–Crippen LogP) is 1.75. The third kappa shape index (κ3) is 2.48. The Morgan fingerprint density at radius 1 is 1.00 bits per heavy atom. The third-order valence-electron chi connectivity index (χ3n) is 6.17. The number of methoxy groups -OCH3 is 1. The van der Waals surface area contributed by atoms with Gasteiger partial charge in [0.1, 0.15) is 0 Å². The van der Waals surface area contributed by atoms with Gasteiger partial charge >= 0.3 is 5.97 Å². The number of carbonyl (C=O) groups is 1. The highest BCUT2D eigenvalue weighted by Gasteiger charge is 2.53. The maximum Gasteiger partial charge on any atom is 0.311 e. The van der Waals surface area contributed by atoms with Crippen molar-refractivity contribution in [2.45, 2.75) is 38.5 Å². The number of ether oxygens (including phenoxy) is 1. The molecular formula is C16H28N2O2. The van der Waals surface area contributed by atoms with Gasteiger partial charge in [0.15, 0.2) is 0 Å². The monoisotopic (exact) mass is 280 g/mol. The van der Waals surface area contributed by atoms with Crippen molar-refractivity contribution in [3.8, 4) is 0 Å². The maximum absolute atomic E-state index is 12.0. The Kier molecular flexibility index (Phi) is 3.80. The SMILES string of the molecule is COC(=O)C12CCC(CN3CCN(C)CC3)(CC1)CC2. The molecule has 0 radical (unpaired) electrons. The van der Waals surface area contributed by atoms with E-state index in [-0.39, 0.29) is 11.4 Å². The van der Waals surface area contributed by atoms with Crippen molar-refractivity contribution >= 4 is 5.97 Å². The molecule has 0 atom stereocenters. The summed E-state index contributed by atoms with van der Waals surface area (Å²) in [6.07, 6.45) is 6.80. The zero-order chi connectivity index (χ0) is 14.2. The Labute approximate surface area is 122 Å². The van der Waals surface area contributed by atoms with Crippen LogP contribution in [0.4, 0.5) is 0 Å². The second-order valence-corrected chi connectivity index (χ2v) is 7.35. The number of esters is 1. The lowest BCUT2D eigenvalue weighted by Crippen LogP contribution is -2.53. The highest BCUT2D eigenvalue weighted by Crippen LogP contribution is 2.57. The Morgan fingerprint density at radius 2 is 1.55 bits per heavy atom. The predicted molar refractivity (Wildman–Crippen MR) is 78.5 cm³/mol. The lowest BCUT2D eigenvalue weighted by molar-refractivity contribution is -0.163. The first-order valence-electron chi connectivity index (χ1n) is 8.07. The van der Waals surface area contributed by atoms with Crippen LogP contribution >= 0.6 is 0 Å². The summed E-state index contributed by atoms with van der Waals surface area (Å²) >= 11 is 0. The summed E-state index contributed by atoms with van der Waals surface area (Å²) in [5.41, 5.74) is 0.365. The van der Waals surface area contributed by atoms with E-state index in [4.69, 9.17) is 4.74 Å². The summed E-state index contributed by atoms with van der Waals surface area (Å²) in [5.74, 6) is 0.0467. The lowest BCUT2D eigenvalue weighted by Gasteiger charge is -2.53. The van der Waals surface area contributed by atoms with Gasteiger partial charge in [-0.15, -0.1) is 0 Å². The first-order chi connectivity index (χ1) is 9.57. The Balaban J connectivity index is 1.59. The molecule has 4 fully saturated rings. The van der Waals surface area contributed by atoms with Crippen LogP contribution in [0, 0.1) is 10.8 Å². The molecule has 4 nitrogen and oxygen atoms in total. The van der Waals surface area contributed by atoms with Crippen LogP contribution in [0.25, 0.3) is 0 Å². The number of hydrogen-bond donors (Lipinski definition) is 0. The summed E-state index contributed by atoms with van der Waals surface area (Å²) < 4.78 is 5.05. The highest BCUT2D eigenvalue weighted by molar-refractivity contribution is 5.77. The van der Waals surface area contributed by atoms with E-state index < -0.39 is 0 Å². The van der Waals surface area contributed by atoms with Gasteiger partial charge in [-0.1, -0.05) is 0 Å². The molecule has 1 saturated heterocycles. The van der Waals surface area contributed by atoms with Crippen LogP contribution < -0.4 is 0 Å². The van der Waals surface area contributed by atoms with Gasteiger partial charge in [-0.05, 0) is 51.0 Å². The zero-order valence-electron chi connectivity index (χ0n) is 13.0. The molecule has 4 rings (SSSR count). The number of hydrogen-bond acceptors (Lipinski definition) is 4. The second-order valence-electron chi connectivity index (χ2n) is 7.35. The van der Waals surface area contributed by atoms with Crippen molar-refractivity contribution < 1.29 is 9.53 Å². The molecular weight excluding hydrogens is 252 g/mol. The molecule has 4 heteroatoms. The van der Waals surface area contributed by atoms with Crippen LogP contribution in [0.5, 0.6) is 0 Å². The molecule has 3 saturated carbocycles. The van der Waals surface area contributed by atoms with Gasteiger partial charge < -0.3 is 14.5 Å². The molecule has 20 heavy (non-hydrogen) atoms. The highest BCUT2D eigenvalue weighted by atomic mass is 16.5. The molecule has 3 aliphatic carbocycles. The van der Waals surface area contributed by atoms with Gasteiger partial charge in [0, 0.05) is 32.7 Å². The number of rotatable bonds is 3. The van der Waals surface area contributed by atoms with E-state index in [0.29, 0.717) is 5.41 Å². The lowest BCUT2D eigenvalue weighted by atomic mass is 9.53. The van der Waals surface area contributed by atoms with Crippen LogP contribution in [0.1, 0.15) is 38.5 Å². The number of fused-ring (bicyclic) bond motifs is 3. The minimum Gasteiger partial charge on any atom is -0.469 e. The molecule has 1 heterocycles. The number of likely N-dealkylation sites (N-methyl/N-ethyl adjacent to an activating group) is 1. The third-order valence-corrected chi connectivity index (χ3v) is 6.17. The van der Waals surface area contributed by atoms with Crippen molar-refractivity contribution in [2.75, 3.05) is 46.9 Å². The fraction of sp³-hybridized carbons (Fsp3) is 0.938. The van der Waals surface area contributed by atoms with Gasteiger partial charge in [0.05, 0.1) is 12.5 Å². The molecule has 0 aromatic heterocycles.